The second-order valence-electron chi connectivity index (χ2n) is 8.96. The number of benzene rings is 3. The number of rotatable bonds is 10. The highest BCUT2D eigenvalue weighted by Crippen LogP contribution is 2.32. The van der Waals surface area contributed by atoms with Crippen molar-refractivity contribution < 1.29 is 19.4 Å². The van der Waals surface area contributed by atoms with Gasteiger partial charge in [0.2, 0.25) is 0 Å². The van der Waals surface area contributed by atoms with Crippen LogP contribution in [0.15, 0.2) is 66.9 Å². The molecule has 1 N–H and O–H groups in total. The highest BCUT2D eigenvalue weighted by molar-refractivity contribution is 6.37. The lowest BCUT2D eigenvalue weighted by atomic mass is 10.0. The van der Waals surface area contributed by atoms with Crippen LogP contribution in [0.4, 0.5) is 0 Å². The number of nitrogens with zero attached hydrogens (tertiary/aromatic N) is 2. The molecule has 6 nitrogen and oxygen atoms in total. The van der Waals surface area contributed by atoms with Crippen molar-refractivity contribution >= 4 is 29.2 Å². The third kappa shape index (κ3) is 6.09. The van der Waals surface area contributed by atoms with E-state index in [0.717, 1.165) is 28.1 Å². The van der Waals surface area contributed by atoms with E-state index in [0.29, 0.717) is 41.1 Å². The van der Waals surface area contributed by atoms with Crippen LogP contribution in [0.5, 0.6) is 11.5 Å². The van der Waals surface area contributed by atoms with Gasteiger partial charge in [-0.1, -0.05) is 61.3 Å². The summed E-state index contributed by atoms with van der Waals surface area (Å²) in [5.74, 6) is 0.325. The van der Waals surface area contributed by atoms with Crippen molar-refractivity contribution in [2.24, 2.45) is 0 Å². The van der Waals surface area contributed by atoms with Crippen LogP contribution in [0.1, 0.15) is 52.5 Å². The molecule has 4 aromatic rings. The molecule has 0 saturated carbocycles. The smallest absolute Gasteiger partial charge is 0.339 e. The lowest BCUT2D eigenvalue weighted by molar-refractivity contribution is 0.0692. The quantitative estimate of drug-likeness (QED) is 0.226. The van der Waals surface area contributed by atoms with Crippen LogP contribution in [0.2, 0.25) is 10.0 Å². The number of hydrogen-bond acceptors (Lipinski definition) is 4. The number of ether oxygens (including phenoxy) is 2. The number of aromatic nitrogens is 2. The summed E-state index contributed by atoms with van der Waals surface area (Å²) < 4.78 is 13.7. The summed E-state index contributed by atoms with van der Waals surface area (Å²) in [6.07, 6.45) is 2.47. The van der Waals surface area contributed by atoms with E-state index in [1.165, 1.54) is 6.07 Å². The Balaban J connectivity index is 1.47. The minimum atomic E-state index is -1.01. The van der Waals surface area contributed by atoms with Crippen molar-refractivity contribution in [3.63, 3.8) is 0 Å². The summed E-state index contributed by atoms with van der Waals surface area (Å²) in [6.45, 7) is 6.88. The van der Waals surface area contributed by atoms with Gasteiger partial charge in [-0.15, -0.1) is 0 Å². The van der Waals surface area contributed by atoms with E-state index >= 15 is 0 Å². The molecule has 1 heterocycles. The zero-order chi connectivity index (χ0) is 26.5. The predicted molar refractivity (Wildman–Crippen MR) is 146 cm³/mol. The summed E-state index contributed by atoms with van der Waals surface area (Å²) in [4.78, 5) is 11.4. The lowest BCUT2D eigenvalue weighted by Gasteiger charge is -2.16. The molecule has 0 aliphatic carbocycles. The van der Waals surface area contributed by atoms with Gasteiger partial charge in [0, 0.05) is 6.42 Å². The molecule has 37 heavy (non-hydrogen) atoms. The molecule has 4 rings (SSSR count). The number of aromatic carboxylic acids is 1. The summed E-state index contributed by atoms with van der Waals surface area (Å²) in [6, 6.07) is 17.9. The molecule has 0 radical (unpaired) electrons. The third-order valence-corrected chi connectivity index (χ3v) is 6.72. The van der Waals surface area contributed by atoms with E-state index in [-0.39, 0.29) is 11.5 Å². The van der Waals surface area contributed by atoms with E-state index in [2.05, 4.69) is 18.9 Å². The van der Waals surface area contributed by atoms with Crippen molar-refractivity contribution in [3.8, 4) is 17.2 Å². The topological polar surface area (TPSA) is 73.6 Å². The number of hydrogen-bond donors (Lipinski definition) is 1. The summed E-state index contributed by atoms with van der Waals surface area (Å²) in [7, 11) is 0. The second-order valence-corrected chi connectivity index (χ2v) is 9.77. The molecule has 0 aliphatic rings. The van der Waals surface area contributed by atoms with Crippen molar-refractivity contribution in [2.45, 2.75) is 39.7 Å². The molecule has 0 saturated heterocycles. The number of para-hydroxylation sites is 2. The molecule has 0 spiro atoms. The summed E-state index contributed by atoms with van der Waals surface area (Å²) in [5, 5.41) is 14.9. The van der Waals surface area contributed by atoms with E-state index in [4.69, 9.17) is 32.7 Å². The maximum atomic E-state index is 11.4. The van der Waals surface area contributed by atoms with Crippen LogP contribution < -0.4 is 9.47 Å². The van der Waals surface area contributed by atoms with E-state index in [1.807, 2.05) is 31.3 Å². The molecule has 0 unspecified atom stereocenters. The van der Waals surface area contributed by atoms with Gasteiger partial charge in [-0.25, -0.2) is 9.48 Å². The zero-order valence-electron chi connectivity index (χ0n) is 20.9. The van der Waals surface area contributed by atoms with Crippen LogP contribution >= 0.6 is 23.2 Å². The van der Waals surface area contributed by atoms with E-state index in [9.17, 15) is 9.90 Å². The molecule has 0 bridgehead atoms. The Morgan fingerprint density at radius 3 is 2.43 bits per heavy atom. The maximum absolute atomic E-state index is 11.4. The van der Waals surface area contributed by atoms with Gasteiger partial charge in [0.15, 0.2) is 0 Å². The summed E-state index contributed by atoms with van der Waals surface area (Å²) in [5.41, 5.74) is 4.88. The maximum Gasteiger partial charge on any atom is 0.339 e. The standard InChI is InChI=1S/C29H28Cl2N2O4/c1-18(2)23-16-32-33(28-24(30)8-6-9-25(28)31)26(23)17-37-21-12-11-20(19(3)15-21)13-14-36-27-10-5-4-7-22(27)29(34)35/h4-12,15-16,18H,13-14,17H2,1-3H3,(H,34,35). The molecular formula is C29H28Cl2N2O4. The van der Waals surface area contributed by atoms with Gasteiger partial charge < -0.3 is 14.6 Å². The SMILES string of the molecule is Cc1cc(OCc2c(C(C)C)cnn2-c2c(Cl)cccc2Cl)ccc1CCOc1ccccc1C(=O)O. The molecule has 8 heteroatoms. The number of aryl methyl sites for hydroxylation is 1. The van der Waals surface area contributed by atoms with E-state index < -0.39 is 5.97 Å². The Kier molecular flexibility index (Phi) is 8.41. The molecule has 0 fully saturated rings. The minimum Gasteiger partial charge on any atom is -0.492 e. The number of carbonyl (C=O) groups is 1. The van der Waals surface area contributed by atoms with Gasteiger partial charge in [-0.2, -0.15) is 5.10 Å². The third-order valence-electron chi connectivity index (χ3n) is 6.11. The monoisotopic (exact) mass is 538 g/mol. The molecule has 192 valence electrons. The largest absolute Gasteiger partial charge is 0.492 e. The summed E-state index contributed by atoms with van der Waals surface area (Å²) >= 11 is 12.9. The average Bonchev–Trinajstić information content (AvgIpc) is 3.28. The molecule has 0 aliphatic heterocycles. The Hall–Kier alpha value is -3.48. The normalized spacial score (nSPS) is 11.1. The van der Waals surface area contributed by atoms with Crippen LogP contribution in [-0.4, -0.2) is 27.5 Å². The second kappa shape index (κ2) is 11.7. The van der Waals surface area contributed by atoms with Gasteiger partial charge in [-0.3, -0.25) is 0 Å². The van der Waals surface area contributed by atoms with Crippen LogP contribution in [0.3, 0.4) is 0 Å². The number of carboxylic acid groups (broad SMARTS) is 1. The first-order valence-electron chi connectivity index (χ1n) is 11.9. The fourth-order valence-corrected chi connectivity index (χ4v) is 4.69. The average molecular weight is 539 g/mol. The first kappa shape index (κ1) is 26.6. The van der Waals surface area contributed by atoms with Crippen LogP contribution in [-0.2, 0) is 13.0 Å². The highest BCUT2D eigenvalue weighted by Gasteiger charge is 2.19. The molecule has 3 aromatic carbocycles. The van der Waals surface area contributed by atoms with Crippen molar-refractivity contribution in [2.75, 3.05) is 6.61 Å². The molecule has 1 aromatic heterocycles. The van der Waals surface area contributed by atoms with Crippen LogP contribution in [0.25, 0.3) is 5.69 Å². The van der Waals surface area contributed by atoms with Gasteiger partial charge in [0.1, 0.15) is 29.4 Å². The number of carboxylic acids is 1. The Morgan fingerprint density at radius 2 is 1.76 bits per heavy atom. The Morgan fingerprint density at radius 1 is 1.03 bits per heavy atom. The van der Waals surface area contributed by atoms with Gasteiger partial charge in [0.05, 0.1) is 28.5 Å². The zero-order valence-corrected chi connectivity index (χ0v) is 22.4. The number of halogens is 2. The first-order chi connectivity index (χ1) is 17.8. The van der Waals surface area contributed by atoms with Crippen molar-refractivity contribution in [1.82, 2.24) is 9.78 Å². The van der Waals surface area contributed by atoms with Gasteiger partial charge >= 0.3 is 5.97 Å². The van der Waals surface area contributed by atoms with E-state index in [1.54, 1.807) is 41.1 Å². The predicted octanol–water partition coefficient (Wildman–Crippen LogP) is 7.51. The van der Waals surface area contributed by atoms with Crippen LogP contribution in [0, 0.1) is 6.92 Å². The van der Waals surface area contributed by atoms with Gasteiger partial charge in [0.25, 0.3) is 0 Å². The fourth-order valence-electron chi connectivity index (χ4n) is 4.13. The van der Waals surface area contributed by atoms with Gasteiger partial charge in [-0.05, 0) is 65.9 Å². The van der Waals surface area contributed by atoms with Crippen molar-refractivity contribution in [3.05, 3.63) is 105 Å². The molecular weight excluding hydrogens is 511 g/mol. The Labute approximate surface area is 226 Å². The molecule has 0 atom stereocenters. The Bertz CT molecular complexity index is 1390. The molecule has 0 amide bonds. The highest BCUT2D eigenvalue weighted by atomic mass is 35.5. The minimum absolute atomic E-state index is 0.154. The lowest BCUT2D eigenvalue weighted by Crippen LogP contribution is -2.10. The van der Waals surface area contributed by atoms with Crippen molar-refractivity contribution in [1.29, 1.82) is 0 Å². The first-order valence-corrected chi connectivity index (χ1v) is 12.7. The fraction of sp³-hybridized carbons (Fsp3) is 0.241.